The Morgan fingerprint density at radius 3 is 2.23 bits per heavy atom. The van der Waals surface area contributed by atoms with Gasteiger partial charge in [-0.05, 0) is 59.3 Å². The molecule has 6 rings (SSSR count). The van der Waals surface area contributed by atoms with Crippen molar-refractivity contribution in [3.8, 4) is 0 Å². The van der Waals surface area contributed by atoms with Gasteiger partial charge in [-0.3, -0.25) is 0 Å². The van der Waals surface area contributed by atoms with Crippen LogP contribution in [0.4, 0.5) is 17.1 Å². The fraction of sp³-hybridized carbons (Fsp3) is 0. The van der Waals surface area contributed by atoms with E-state index in [-0.39, 0.29) is 0 Å². The molecule has 0 atom stereocenters. The van der Waals surface area contributed by atoms with E-state index in [0.717, 1.165) is 39.0 Å². The van der Waals surface area contributed by atoms with Crippen molar-refractivity contribution in [2.75, 3.05) is 4.90 Å². The lowest BCUT2D eigenvalue weighted by Gasteiger charge is -2.26. The number of fused-ring (bicyclic) bond motifs is 4. The fourth-order valence-electron chi connectivity index (χ4n) is 4.30. The summed E-state index contributed by atoms with van der Waals surface area (Å²) in [5.41, 5.74) is 4.88. The molecule has 0 radical (unpaired) electrons. The van der Waals surface area contributed by atoms with Gasteiger partial charge in [0.05, 0.1) is 11.1 Å². The Balaban J connectivity index is 1.68. The molecule has 0 bridgehead atoms. The quantitative estimate of drug-likeness (QED) is 0.284. The maximum atomic E-state index is 6.41. The van der Waals surface area contributed by atoms with Crippen LogP contribution < -0.4 is 4.90 Å². The van der Waals surface area contributed by atoms with Crippen LogP contribution in [-0.2, 0) is 0 Å². The topological polar surface area (TPSA) is 16.4 Å². The number of hydrogen-bond acceptors (Lipinski definition) is 2. The van der Waals surface area contributed by atoms with Gasteiger partial charge in [-0.15, -0.1) is 0 Å². The summed E-state index contributed by atoms with van der Waals surface area (Å²) in [6, 6.07) is 37.3. The summed E-state index contributed by atoms with van der Waals surface area (Å²) in [6.45, 7) is 0. The summed E-state index contributed by atoms with van der Waals surface area (Å²) in [5.74, 6) is 0. The summed E-state index contributed by atoms with van der Waals surface area (Å²) in [5, 5.41) is 5.29. The number of furan rings is 1. The Labute approximate surface area is 184 Å². The van der Waals surface area contributed by atoms with E-state index in [1.807, 2.05) is 48.5 Å². The Morgan fingerprint density at radius 2 is 1.32 bits per heavy atom. The predicted octanol–water partition coefficient (Wildman–Crippen LogP) is 8.86. The van der Waals surface area contributed by atoms with Gasteiger partial charge in [-0.2, -0.15) is 0 Å². The van der Waals surface area contributed by atoms with Gasteiger partial charge in [-0.1, -0.05) is 72.3 Å². The van der Waals surface area contributed by atoms with E-state index < -0.39 is 0 Å². The summed E-state index contributed by atoms with van der Waals surface area (Å²) in [6.07, 6.45) is 0. The van der Waals surface area contributed by atoms with Crippen LogP contribution in [0, 0.1) is 0 Å². The standard InChI is InChI=1S/C28H18ClNO/c29-21-9-5-10-22(18-21)30(23-16-15-19-7-1-2-8-20(19)17-23)25-12-6-14-27-28(25)24-11-3-4-13-26(24)31-27/h1-18H. The average molecular weight is 420 g/mol. The Morgan fingerprint density at radius 1 is 0.581 bits per heavy atom. The van der Waals surface area contributed by atoms with Crippen LogP contribution in [0.3, 0.4) is 0 Å². The molecule has 6 aromatic rings. The number of halogens is 1. The Bertz CT molecular complexity index is 1570. The molecule has 0 aliphatic heterocycles. The van der Waals surface area contributed by atoms with Gasteiger partial charge < -0.3 is 9.32 Å². The molecule has 0 spiro atoms. The first-order valence-electron chi connectivity index (χ1n) is 10.2. The summed E-state index contributed by atoms with van der Waals surface area (Å²) in [7, 11) is 0. The number of benzene rings is 5. The molecule has 31 heavy (non-hydrogen) atoms. The first-order chi connectivity index (χ1) is 15.3. The second kappa shape index (κ2) is 7.19. The lowest BCUT2D eigenvalue weighted by molar-refractivity contribution is 0.669. The van der Waals surface area contributed by atoms with Crippen molar-refractivity contribution in [3.63, 3.8) is 0 Å². The summed E-state index contributed by atoms with van der Waals surface area (Å²) in [4.78, 5) is 2.25. The first kappa shape index (κ1) is 18.1. The third-order valence-corrected chi connectivity index (χ3v) is 5.91. The van der Waals surface area contributed by atoms with Crippen molar-refractivity contribution < 1.29 is 4.42 Å². The van der Waals surface area contributed by atoms with Crippen molar-refractivity contribution in [2.45, 2.75) is 0 Å². The fourth-order valence-corrected chi connectivity index (χ4v) is 4.49. The highest BCUT2D eigenvalue weighted by Gasteiger charge is 2.19. The second-order valence-electron chi connectivity index (χ2n) is 7.60. The first-order valence-corrected chi connectivity index (χ1v) is 10.6. The van der Waals surface area contributed by atoms with E-state index in [1.54, 1.807) is 0 Å². The smallest absolute Gasteiger partial charge is 0.137 e. The monoisotopic (exact) mass is 419 g/mol. The number of rotatable bonds is 3. The maximum Gasteiger partial charge on any atom is 0.137 e. The highest BCUT2D eigenvalue weighted by molar-refractivity contribution is 6.31. The molecule has 0 unspecified atom stereocenters. The van der Waals surface area contributed by atoms with Gasteiger partial charge in [0.15, 0.2) is 0 Å². The van der Waals surface area contributed by atoms with E-state index in [9.17, 15) is 0 Å². The SMILES string of the molecule is Clc1cccc(N(c2ccc3ccccc3c2)c2cccc3oc4ccccc4c23)c1. The molecule has 5 aromatic carbocycles. The van der Waals surface area contributed by atoms with Gasteiger partial charge >= 0.3 is 0 Å². The summed E-state index contributed by atoms with van der Waals surface area (Å²) >= 11 is 6.41. The number of anilines is 3. The minimum Gasteiger partial charge on any atom is -0.456 e. The molecule has 0 saturated carbocycles. The average Bonchev–Trinajstić information content (AvgIpc) is 3.19. The van der Waals surface area contributed by atoms with Crippen LogP contribution in [0.15, 0.2) is 114 Å². The molecule has 2 nitrogen and oxygen atoms in total. The molecule has 1 heterocycles. The van der Waals surface area contributed by atoms with Crippen LogP contribution in [0.25, 0.3) is 32.7 Å². The lowest BCUT2D eigenvalue weighted by Crippen LogP contribution is -2.10. The van der Waals surface area contributed by atoms with Gasteiger partial charge in [0, 0.05) is 21.8 Å². The Hall–Kier alpha value is -3.75. The molecule has 0 N–H and O–H groups in total. The summed E-state index contributed by atoms with van der Waals surface area (Å²) < 4.78 is 6.16. The Kier molecular flexibility index (Phi) is 4.19. The van der Waals surface area contributed by atoms with Gasteiger partial charge in [-0.25, -0.2) is 0 Å². The minimum atomic E-state index is 0.701. The molecule has 0 aliphatic rings. The molecule has 0 aliphatic carbocycles. The molecule has 0 amide bonds. The van der Waals surface area contributed by atoms with E-state index in [2.05, 4.69) is 65.6 Å². The third kappa shape index (κ3) is 3.04. The van der Waals surface area contributed by atoms with Crippen molar-refractivity contribution in [1.82, 2.24) is 0 Å². The molecule has 0 fully saturated rings. The maximum absolute atomic E-state index is 6.41. The molecular weight excluding hydrogens is 402 g/mol. The molecule has 1 aromatic heterocycles. The van der Waals surface area contributed by atoms with Crippen molar-refractivity contribution >= 4 is 61.4 Å². The number of para-hydroxylation sites is 1. The zero-order valence-electron chi connectivity index (χ0n) is 16.6. The van der Waals surface area contributed by atoms with E-state index in [1.165, 1.54) is 10.8 Å². The highest BCUT2D eigenvalue weighted by Crippen LogP contribution is 2.43. The third-order valence-electron chi connectivity index (χ3n) is 5.68. The largest absolute Gasteiger partial charge is 0.456 e. The van der Waals surface area contributed by atoms with Crippen molar-refractivity contribution in [2.24, 2.45) is 0 Å². The van der Waals surface area contributed by atoms with Gasteiger partial charge in [0.2, 0.25) is 0 Å². The zero-order valence-corrected chi connectivity index (χ0v) is 17.4. The number of nitrogens with zero attached hydrogens (tertiary/aromatic N) is 1. The zero-order chi connectivity index (χ0) is 20.8. The van der Waals surface area contributed by atoms with Crippen LogP contribution in [0.5, 0.6) is 0 Å². The highest BCUT2D eigenvalue weighted by atomic mass is 35.5. The van der Waals surface area contributed by atoms with Crippen molar-refractivity contribution in [3.05, 3.63) is 114 Å². The van der Waals surface area contributed by atoms with Crippen LogP contribution in [0.2, 0.25) is 5.02 Å². The van der Waals surface area contributed by atoms with E-state index in [4.69, 9.17) is 16.0 Å². The predicted molar refractivity (Wildman–Crippen MR) is 131 cm³/mol. The van der Waals surface area contributed by atoms with Crippen LogP contribution >= 0.6 is 11.6 Å². The molecular formula is C28H18ClNO. The van der Waals surface area contributed by atoms with Gasteiger partial charge in [0.25, 0.3) is 0 Å². The van der Waals surface area contributed by atoms with Gasteiger partial charge in [0.1, 0.15) is 11.2 Å². The normalized spacial score (nSPS) is 11.4. The molecule has 148 valence electrons. The molecule has 0 saturated heterocycles. The van der Waals surface area contributed by atoms with E-state index in [0.29, 0.717) is 5.02 Å². The second-order valence-corrected chi connectivity index (χ2v) is 8.03. The lowest BCUT2D eigenvalue weighted by atomic mass is 10.1. The van der Waals surface area contributed by atoms with Crippen LogP contribution in [-0.4, -0.2) is 0 Å². The minimum absolute atomic E-state index is 0.701. The van der Waals surface area contributed by atoms with Crippen LogP contribution in [0.1, 0.15) is 0 Å². The van der Waals surface area contributed by atoms with E-state index >= 15 is 0 Å². The molecule has 3 heteroatoms. The number of hydrogen-bond donors (Lipinski definition) is 0. The van der Waals surface area contributed by atoms with Crippen molar-refractivity contribution in [1.29, 1.82) is 0 Å².